The summed E-state index contributed by atoms with van der Waals surface area (Å²) in [6.45, 7) is 3.83. The smallest absolute Gasteiger partial charge is 0.340 e. The van der Waals surface area contributed by atoms with Crippen LogP contribution >= 0.6 is 0 Å². The Kier molecular flexibility index (Phi) is 6.99. The second-order valence-corrected chi connectivity index (χ2v) is 9.73. The van der Waals surface area contributed by atoms with Crippen LogP contribution in [0.2, 0.25) is 0 Å². The number of piperidine rings is 1. The SMILES string of the molecule is CC1(C)CCCCC[C@@H](C(F)(F)F)C2NNC(O2)C2NC(C1)C(C(F)(F)F)CC2N. The molecule has 0 saturated carbocycles. The van der Waals surface area contributed by atoms with Gasteiger partial charge in [-0.15, -0.1) is 0 Å². The summed E-state index contributed by atoms with van der Waals surface area (Å²) >= 11 is 0. The Balaban J connectivity index is 1.86. The Morgan fingerprint density at radius 2 is 1.53 bits per heavy atom. The van der Waals surface area contributed by atoms with Crippen LogP contribution in [0.15, 0.2) is 0 Å². The van der Waals surface area contributed by atoms with Gasteiger partial charge in [-0.25, -0.2) is 10.9 Å². The Bertz CT molecular complexity index is 584. The second kappa shape index (κ2) is 8.73. The summed E-state index contributed by atoms with van der Waals surface area (Å²) in [5.41, 5.74) is 10.9. The van der Waals surface area contributed by atoms with Crippen LogP contribution in [0.5, 0.6) is 0 Å². The van der Waals surface area contributed by atoms with Gasteiger partial charge in [0.25, 0.3) is 0 Å². The molecule has 0 aromatic rings. The van der Waals surface area contributed by atoms with Gasteiger partial charge in [-0.2, -0.15) is 26.3 Å². The van der Waals surface area contributed by atoms with E-state index in [1.54, 1.807) is 0 Å². The molecule has 176 valence electrons. The quantitative estimate of drug-likeness (QED) is 0.429. The summed E-state index contributed by atoms with van der Waals surface area (Å²) < 4.78 is 87.6. The molecule has 3 fully saturated rings. The fraction of sp³-hybridized carbons (Fsp3) is 1.00. The number of fused-ring (bicyclic) bond motifs is 5. The highest BCUT2D eigenvalue weighted by atomic mass is 19.4. The number of alkyl halides is 6. The van der Waals surface area contributed by atoms with Crippen molar-refractivity contribution in [3.63, 3.8) is 0 Å². The number of ether oxygens (including phenoxy) is 1. The first kappa shape index (κ1) is 24.0. The van der Waals surface area contributed by atoms with Crippen molar-refractivity contribution in [1.29, 1.82) is 0 Å². The normalized spacial score (nSPS) is 41.3. The van der Waals surface area contributed by atoms with Crippen LogP contribution in [-0.2, 0) is 4.74 Å². The maximum atomic E-state index is 13.7. The first-order valence-corrected chi connectivity index (χ1v) is 10.6. The molecule has 3 saturated heterocycles. The predicted octanol–water partition coefficient (Wildman–Crippen LogP) is 3.56. The van der Waals surface area contributed by atoms with Crippen molar-refractivity contribution in [1.82, 2.24) is 16.2 Å². The molecule has 6 unspecified atom stereocenters. The van der Waals surface area contributed by atoms with Crippen molar-refractivity contribution < 1.29 is 31.1 Å². The zero-order chi connectivity index (χ0) is 22.3. The van der Waals surface area contributed by atoms with E-state index in [1.807, 2.05) is 13.8 Å². The number of hydrogen-bond donors (Lipinski definition) is 4. The van der Waals surface area contributed by atoms with Crippen molar-refractivity contribution in [2.75, 3.05) is 0 Å². The average Bonchev–Trinajstić information content (AvgIpc) is 3.05. The number of halogens is 6. The van der Waals surface area contributed by atoms with Crippen LogP contribution in [0.1, 0.15) is 58.8 Å². The Hall–Kier alpha value is -0.620. The third-order valence-corrected chi connectivity index (χ3v) is 6.71. The monoisotopic (exact) mass is 446 g/mol. The molecular weight excluding hydrogens is 414 g/mol. The van der Waals surface area contributed by atoms with Crippen LogP contribution in [0, 0.1) is 17.3 Å². The molecule has 0 aromatic heterocycles. The molecule has 3 heterocycles. The van der Waals surface area contributed by atoms with Crippen LogP contribution in [0.4, 0.5) is 26.3 Å². The zero-order valence-corrected chi connectivity index (χ0v) is 17.2. The lowest BCUT2D eigenvalue weighted by molar-refractivity contribution is -0.214. The number of nitrogens with two attached hydrogens (primary N) is 1. The number of hydrogen-bond acceptors (Lipinski definition) is 5. The first-order chi connectivity index (χ1) is 13.8. The van der Waals surface area contributed by atoms with Gasteiger partial charge in [-0.1, -0.05) is 33.1 Å². The lowest BCUT2D eigenvalue weighted by Gasteiger charge is -2.46. The molecule has 5 nitrogen and oxygen atoms in total. The molecular formula is C19H32F6N4O. The average molecular weight is 446 g/mol. The number of rotatable bonds is 0. The minimum absolute atomic E-state index is 0.0705. The fourth-order valence-electron chi connectivity index (χ4n) is 5.05. The standard InChI is InChI=1S/C19H32F6N4O/c1-17(2)7-5-3-4-6-10(18(20,21)22)15-28-29-16(30-15)14-12(26)8-11(19(23,24)25)13(9-17)27-14/h10-16,27-29H,3-9,26H2,1-2H3/t10-,11?,12?,13?,14?,15?,16?/m1/s1. The molecule has 30 heavy (non-hydrogen) atoms. The van der Waals surface area contributed by atoms with E-state index < -0.39 is 54.8 Å². The van der Waals surface area contributed by atoms with E-state index in [2.05, 4.69) is 16.2 Å². The molecule has 3 aliphatic rings. The van der Waals surface area contributed by atoms with Gasteiger partial charge in [0.1, 0.15) is 12.5 Å². The third-order valence-electron chi connectivity index (χ3n) is 6.71. The molecule has 11 heteroatoms. The summed E-state index contributed by atoms with van der Waals surface area (Å²) in [7, 11) is 0. The zero-order valence-electron chi connectivity index (χ0n) is 17.2. The number of hydrazine groups is 1. The molecule has 7 atom stereocenters. The van der Waals surface area contributed by atoms with Gasteiger partial charge in [0.15, 0.2) is 0 Å². The maximum absolute atomic E-state index is 13.7. The van der Waals surface area contributed by atoms with E-state index in [9.17, 15) is 26.3 Å². The Morgan fingerprint density at radius 1 is 0.900 bits per heavy atom. The third kappa shape index (κ3) is 5.59. The van der Waals surface area contributed by atoms with E-state index >= 15 is 0 Å². The summed E-state index contributed by atoms with van der Waals surface area (Å²) in [4.78, 5) is 0. The molecule has 0 amide bonds. The van der Waals surface area contributed by atoms with Gasteiger partial charge in [0, 0.05) is 12.1 Å². The molecule has 5 N–H and O–H groups in total. The summed E-state index contributed by atoms with van der Waals surface area (Å²) in [6.07, 6.45) is -8.88. The molecule has 0 radical (unpaired) electrons. The molecule has 0 aromatic carbocycles. The summed E-state index contributed by atoms with van der Waals surface area (Å²) in [6, 6.07) is -2.53. The van der Waals surface area contributed by atoms with Gasteiger partial charge in [0.2, 0.25) is 0 Å². The molecule has 4 bridgehead atoms. The van der Waals surface area contributed by atoms with Crippen molar-refractivity contribution in [2.45, 2.75) is 102 Å². The van der Waals surface area contributed by atoms with Gasteiger partial charge >= 0.3 is 12.4 Å². The highest BCUT2D eigenvalue weighted by Gasteiger charge is 2.54. The van der Waals surface area contributed by atoms with E-state index in [0.29, 0.717) is 32.1 Å². The van der Waals surface area contributed by atoms with Gasteiger partial charge in [0.05, 0.1) is 17.9 Å². The minimum Gasteiger partial charge on any atom is -0.340 e. The largest absolute Gasteiger partial charge is 0.395 e. The van der Waals surface area contributed by atoms with Gasteiger partial charge in [-0.05, 0) is 31.1 Å². The lowest BCUT2D eigenvalue weighted by atomic mass is 9.73. The van der Waals surface area contributed by atoms with Crippen LogP contribution in [-0.4, -0.2) is 42.9 Å². The fourth-order valence-corrected chi connectivity index (χ4v) is 5.05. The summed E-state index contributed by atoms with van der Waals surface area (Å²) in [5.74, 6) is -3.31. The molecule has 3 aliphatic heterocycles. The van der Waals surface area contributed by atoms with Crippen molar-refractivity contribution in [2.24, 2.45) is 23.0 Å². The molecule has 0 spiro atoms. The highest BCUT2D eigenvalue weighted by Crippen LogP contribution is 2.42. The predicted molar refractivity (Wildman–Crippen MR) is 98.8 cm³/mol. The molecule has 0 aliphatic carbocycles. The lowest BCUT2D eigenvalue weighted by Crippen LogP contribution is -2.66. The van der Waals surface area contributed by atoms with Crippen LogP contribution in [0.3, 0.4) is 0 Å². The van der Waals surface area contributed by atoms with E-state index in [4.69, 9.17) is 10.5 Å². The minimum atomic E-state index is -4.45. The van der Waals surface area contributed by atoms with Crippen LogP contribution < -0.4 is 21.9 Å². The van der Waals surface area contributed by atoms with Gasteiger partial charge < -0.3 is 15.8 Å². The Morgan fingerprint density at radius 3 is 2.17 bits per heavy atom. The van der Waals surface area contributed by atoms with E-state index in [0.717, 1.165) is 0 Å². The topological polar surface area (TPSA) is 71.3 Å². The first-order valence-electron chi connectivity index (χ1n) is 10.6. The van der Waals surface area contributed by atoms with E-state index in [-0.39, 0.29) is 18.3 Å². The highest BCUT2D eigenvalue weighted by molar-refractivity contribution is 5.01. The molecule has 3 rings (SSSR count). The van der Waals surface area contributed by atoms with Gasteiger partial charge in [-0.3, -0.25) is 0 Å². The van der Waals surface area contributed by atoms with Crippen molar-refractivity contribution in [3.05, 3.63) is 0 Å². The summed E-state index contributed by atoms with van der Waals surface area (Å²) in [5, 5.41) is 3.00. The van der Waals surface area contributed by atoms with Crippen molar-refractivity contribution >= 4 is 0 Å². The van der Waals surface area contributed by atoms with Crippen molar-refractivity contribution in [3.8, 4) is 0 Å². The number of nitrogens with one attached hydrogen (secondary N) is 3. The van der Waals surface area contributed by atoms with E-state index in [1.165, 1.54) is 0 Å². The maximum Gasteiger partial charge on any atom is 0.395 e. The Labute approximate surface area is 172 Å². The van der Waals surface area contributed by atoms with Crippen LogP contribution in [0.25, 0.3) is 0 Å². The second-order valence-electron chi connectivity index (χ2n) is 9.73.